The highest BCUT2D eigenvalue weighted by Crippen LogP contribution is 2.36. The Morgan fingerprint density at radius 1 is 1.11 bits per heavy atom. The Morgan fingerprint density at radius 3 is 2.61 bits per heavy atom. The van der Waals surface area contributed by atoms with Gasteiger partial charge in [-0.25, -0.2) is 8.42 Å². The third-order valence-corrected chi connectivity index (χ3v) is 9.94. The molecule has 10 nitrogen and oxygen atoms in total. The van der Waals surface area contributed by atoms with E-state index in [1.165, 1.54) is 0 Å². The first kappa shape index (κ1) is 31.9. The normalized spacial score (nSPS) is 19.2. The summed E-state index contributed by atoms with van der Waals surface area (Å²) in [7, 11) is -1.94. The molecule has 1 amide bonds. The first-order valence-electron chi connectivity index (χ1n) is 15.4. The van der Waals surface area contributed by atoms with E-state index in [0.717, 1.165) is 61.2 Å². The van der Waals surface area contributed by atoms with Crippen molar-refractivity contribution in [2.75, 3.05) is 31.5 Å². The lowest BCUT2D eigenvalue weighted by molar-refractivity contribution is -0.133. The summed E-state index contributed by atoms with van der Waals surface area (Å²) in [6, 6.07) is 12.8. The van der Waals surface area contributed by atoms with Gasteiger partial charge in [-0.05, 0) is 76.4 Å². The van der Waals surface area contributed by atoms with Gasteiger partial charge in [0, 0.05) is 30.7 Å². The molecule has 0 radical (unpaired) electrons. The van der Waals surface area contributed by atoms with Crippen LogP contribution in [0.2, 0.25) is 0 Å². The van der Waals surface area contributed by atoms with E-state index in [0.29, 0.717) is 43.2 Å². The summed E-state index contributed by atoms with van der Waals surface area (Å²) in [5.74, 6) is 1.65. The summed E-state index contributed by atoms with van der Waals surface area (Å²) in [6.45, 7) is 10.4. The molecule has 44 heavy (non-hydrogen) atoms. The number of sulfonamides is 1. The molecule has 1 atom stereocenters. The van der Waals surface area contributed by atoms with Crippen molar-refractivity contribution in [3.63, 3.8) is 0 Å². The number of carbonyl (C=O) groups excluding carboxylic acids is 1. The monoisotopic (exact) mass is 621 g/mol. The van der Waals surface area contributed by atoms with Crippen LogP contribution in [-0.2, 0) is 32.7 Å². The van der Waals surface area contributed by atoms with Crippen LogP contribution in [0.15, 0.2) is 56.9 Å². The number of carbonyl (C=O) groups is 1. The smallest absolute Gasteiger partial charge is 0.263 e. The van der Waals surface area contributed by atoms with E-state index >= 15 is 0 Å². The van der Waals surface area contributed by atoms with Crippen molar-refractivity contribution in [3.05, 3.63) is 64.9 Å². The number of likely N-dealkylation sites (tertiary alicyclic amines) is 1. The second-order valence-electron chi connectivity index (χ2n) is 11.8. The van der Waals surface area contributed by atoms with Gasteiger partial charge in [0.05, 0.1) is 18.0 Å². The number of aromatic nitrogens is 1. The molecule has 1 fully saturated rings. The molecule has 1 N–H and O–H groups in total. The first-order valence-corrected chi connectivity index (χ1v) is 16.9. The summed E-state index contributed by atoms with van der Waals surface area (Å²) in [5, 5.41) is 3.88. The number of piperidine rings is 1. The van der Waals surface area contributed by atoms with Gasteiger partial charge in [0.15, 0.2) is 11.4 Å². The lowest BCUT2D eigenvalue weighted by Crippen LogP contribution is -2.52. The maximum Gasteiger partial charge on any atom is 0.263 e. The van der Waals surface area contributed by atoms with E-state index < -0.39 is 15.6 Å². The van der Waals surface area contributed by atoms with Crippen molar-refractivity contribution in [1.29, 1.82) is 0 Å². The molecule has 2 aromatic carbocycles. The first-order chi connectivity index (χ1) is 21.1. The molecule has 0 aliphatic carbocycles. The van der Waals surface area contributed by atoms with E-state index in [-0.39, 0.29) is 16.6 Å². The molecule has 3 aromatic rings. The van der Waals surface area contributed by atoms with Crippen molar-refractivity contribution in [2.45, 2.75) is 83.4 Å². The molecule has 1 aromatic heterocycles. The maximum atomic E-state index is 14.0. The fourth-order valence-corrected chi connectivity index (χ4v) is 7.35. The average Bonchev–Trinajstić information content (AvgIpc) is 3.44. The number of aliphatic imine (C=N–C) groups is 1. The topological polar surface area (TPSA) is 117 Å². The summed E-state index contributed by atoms with van der Waals surface area (Å²) in [5.41, 5.74) is 3.00. The Kier molecular flexibility index (Phi) is 9.57. The van der Waals surface area contributed by atoms with Crippen molar-refractivity contribution in [3.8, 4) is 11.1 Å². The largest absolute Gasteiger partial charge is 0.377 e. The van der Waals surface area contributed by atoms with Gasteiger partial charge in [-0.1, -0.05) is 54.9 Å². The number of ether oxygens (including phenoxy) is 1. The van der Waals surface area contributed by atoms with E-state index in [1.807, 2.05) is 36.1 Å². The highest BCUT2D eigenvalue weighted by atomic mass is 32.2. The predicted octanol–water partition coefficient (Wildman–Crippen LogP) is 5.69. The molecule has 5 rings (SSSR count). The number of unbranched alkanes of at least 4 members (excludes halogenated alkanes) is 1. The lowest BCUT2D eigenvalue weighted by Gasteiger charge is -2.35. The molecular formula is C33H43N5O5S. The SMILES string of the molecule is CCCCC1=N[C@]2(CCCN(C)C2)C(=O)N1Cc1ccc(-c2ccccc2S(=O)(=O)Nc2noc(C)c2C)c(COCC)c1. The number of hydrogen-bond donors (Lipinski definition) is 1. The minimum atomic E-state index is -4.00. The average molecular weight is 622 g/mol. The summed E-state index contributed by atoms with van der Waals surface area (Å²) in [6.07, 6.45) is 4.47. The van der Waals surface area contributed by atoms with Crippen LogP contribution < -0.4 is 4.72 Å². The summed E-state index contributed by atoms with van der Waals surface area (Å²) in [4.78, 5) is 23.2. The number of aryl methyl sites for hydroxylation is 1. The molecular weight excluding hydrogens is 578 g/mol. The molecule has 0 unspecified atom stereocenters. The third-order valence-electron chi connectivity index (χ3n) is 8.54. The van der Waals surface area contributed by atoms with Crippen molar-refractivity contribution in [2.24, 2.45) is 4.99 Å². The second kappa shape index (κ2) is 13.2. The van der Waals surface area contributed by atoms with Crippen LogP contribution in [0.5, 0.6) is 0 Å². The van der Waals surface area contributed by atoms with Gasteiger partial charge in [-0.2, -0.15) is 0 Å². The number of rotatable bonds is 12. The van der Waals surface area contributed by atoms with Gasteiger partial charge in [0.1, 0.15) is 11.6 Å². The van der Waals surface area contributed by atoms with Crippen molar-refractivity contribution in [1.82, 2.24) is 15.0 Å². The molecule has 0 saturated carbocycles. The molecule has 1 saturated heterocycles. The fraction of sp³-hybridized carbons (Fsp3) is 0.485. The number of amidine groups is 1. The van der Waals surface area contributed by atoms with Crippen molar-refractivity contribution < 1.29 is 22.5 Å². The Labute approximate surface area is 260 Å². The van der Waals surface area contributed by atoms with Crippen LogP contribution >= 0.6 is 0 Å². The third kappa shape index (κ3) is 6.45. The lowest BCUT2D eigenvalue weighted by atomic mass is 9.89. The van der Waals surface area contributed by atoms with Crippen molar-refractivity contribution >= 4 is 27.6 Å². The number of nitrogens with one attached hydrogen (secondary N) is 1. The number of anilines is 1. The molecule has 1 spiro atoms. The Morgan fingerprint density at radius 2 is 1.91 bits per heavy atom. The van der Waals surface area contributed by atoms with E-state index in [4.69, 9.17) is 14.3 Å². The molecule has 0 bridgehead atoms. The minimum Gasteiger partial charge on any atom is -0.377 e. The van der Waals surface area contributed by atoms with Crippen LogP contribution in [0, 0.1) is 13.8 Å². The van der Waals surface area contributed by atoms with Crippen LogP contribution in [0.4, 0.5) is 5.82 Å². The Balaban J connectivity index is 1.48. The molecule has 2 aliphatic rings. The van der Waals surface area contributed by atoms with Gasteiger partial charge < -0.3 is 14.2 Å². The summed E-state index contributed by atoms with van der Waals surface area (Å²) >= 11 is 0. The molecule has 11 heteroatoms. The zero-order chi connectivity index (χ0) is 31.5. The maximum absolute atomic E-state index is 14.0. The number of benzene rings is 2. The molecule has 2 aliphatic heterocycles. The zero-order valence-electron chi connectivity index (χ0n) is 26.4. The van der Waals surface area contributed by atoms with Crippen LogP contribution in [-0.4, -0.2) is 67.4 Å². The zero-order valence-corrected chi connectivity index (χ0v) is 27.2. The number of likely N-dealkylation sites (N-methyl/N-ethyl adjacent to an activating group) is 1. The van der Waals surface area contributed by atoms with E-state index in [9.17, 15) is 13.2 Å². The second-order valence-corrected chi connectivity index (χ2v) is 13.5. The number of hydrogen-bond acceptors (Lipinski definition) is 8. The number of nitrogens with zero attached hydrogens (tertiary/aromatic N) is 4. The highest BCUT2D eigenvalue weighted by Gasteiger charge is 2.49. The standard InChI is InChI=1S/C33H43N5O5S/c1-6-8-14-30-34-33(17-11-18-37(5)22-33)32(39)38(30)20-25-15-16-27(26(19-25)21-42-7-2)28-12-9-10-13-29(28)44(40,41)36-31-23(3)24(4)43-35-31/h9-10,12-13,15-16,19H,6-8,11,14,17-18,20-22H2,1-5H3,(H,35,36)/t33-/m0/s1. The molecule has 3 heterocycles. The summed E-state index contributed by atoms with van der Waals surface area (Å²) < 4.78 is 40.9. The van der Waals surface area contributed by atoms with Crippen LogP contribution in [0.1, 0.15) is 68.4 Å². The Bertz CT molecular complexity index is 1650. The quantitative estimate of drug-likeness (QED) is 0.276. The van der Waals surface area contributed by atoms with Gasteiger partial charge in [0.25, 0.3) is 15.9 Å². The highest BCUT2D eigenvalue weighted by molar-refractivity contribution is 7.92. The molecule has 236 valence electrons. The fourth-order valence-electron chi connectivity index (χ4n) is 6.07. The van der Waals surface area contributed by atoms with E-state index in [2.05, 4.69) is 28.8 Å². The van der Waals surface area contributed by atoms with Gasteiger partial charge in [0.2, 0.25) is 0 Å². The van der Waals surface area contributed by atoms with Crippen LogP contribution in [0.3, 0.4) is 0 Å². The van der Waals surface area contributed by atoms with Crippen LogP contribution in [0.25, 0.3) is 11.1 Å². The van der Waals surface area contributed by atoms with Gasteiger partial charge in [-0.3, -0.25) is 19.4 Å². The predicted molar refractivity (Wildman–Crippen MR) is 171 cm³/mol. The van der Waals surface area contributed by atoms with Gasteiger partial charge in [-0.15, -0.1) is 0 Å². The van der Waals surface area contributed by atoms with Gasteiger partial charge >= 0.3 is 0 Å². The van der Waals surface area contributed by atoms with E-state index in [1.54, 1.807) is 32.0 Å². The Hall–Kier alpha value is -3.54. The minimum absolute atomic E-state index is 0.0755. The number of amides is 1.